The molecule has 15 heavy (non-hydrogen) atoms. The van der Waals surface area contributed by atoms with Crippen LogP contribution in [0.1, 0.15) is 26.7 Å². The van der Waals surface area contributed by atoms with E-state index in [1.54, 1.807) is 0 Å². The van der Waals surface area contributed by atoms with Gasteiger partial charge in [0.25, 0.3) is 0 Å². The Morgan fingerprint density at radius 2 is 2.33 bits per heavy atom. The number of likely N-dealkylation sites (N-methyl/N-ethyl adjacent to an activating group) is 1. The van der Waals surface area contributed by atoms with E-state index in [0.717, 1.165) is 13.1 Å². The minimum Gasteiger partial charge on any atom is -0.465 e. The Labute approximate surface area is 92.0 Å². The molecular weight excluding hydrogens is 192 g/mol. The Balaban J connectivity index is 2.11. The molecule has 88 valence electrons. The van der Waals surface area contributed by atoms with Crippen molar-refractivity contribution in [1.82, 2.24) is 10.2 Å². The number of nitrogens with zero attached hydrogens (tertiary/aromatic N) is 1. The third-order valence-electron chi connectivity index (χ3n) is 2.86. The third-order valence-corrected chi connectivity index (χ3v) is 2.86. The molecule has 1 aliphatic heterocycles. The van der Waals surface area contributed by atoms with Gasteiger partial charge in [-0.1, -0.05) is 6.92 Å². The van der Waals surface area contributed by atoms with Gasteiger partial charge in [-0.15, -0.1) is 0 Å². The van der Waals surface area contributed by atoms with Crippen molar-refractivity contribution in [2.75, 3.05) is 32.8 Å². The molecule has 0 aliphatic carbocycles. The number of carbonyl (C=O) groups excluding carboxylic acids is 1. The topological polar surface area (TPSA) is 41.6 Å². The van der Waals surface area contributed by atoms with Crippen LogP contribution in [0.15, 0.2) is 0 Å². The molecule has 0 radical (unpaired) electrons. The summed E-state index contributed by atoms with van der Waals surface area (Å²) in [4.78, 5) is 13.5. The minimum absolute atomic E-state index is 0.154. The fourth-order valence-electron chi connectivity index (χ4n) is 2.10. The van der Waals surface area contributed by atoms with Crippen LogP contribution in [-0.2, 0) is 9.53 Å². The van der Waals surface area contributed by atoms with Crippen molar-refractivity contribution in [3.63, 3.8) is 0 Å². The van der Waals surface area contributed by atoms with Crippen LogP contribution < -0.4 is 5.32 Å². The summed E-state index contributed by atoms with van der Waals surface area (Å²) in [5.74, 6) is -0.154. The van der Waals surface area contributed by atoms with Crippen molar-refractivity contribution in [1.29, 1.82) is 0 Å². The number of hydrogen-bond donors (Lipinski definition) is 1. The van der Waals surface area contributed by atoms with E-state index in [1.165, 1.54) is 19.4 Å². The maximum absolute atomic E-state index is 11.1. The molecule has 0 bridgehead atoms. The van der Waals surface area contributed by atoms with Crippen molar-refractivity contribution >= 4 is 5.97 Å². The maximum Gasteiger partial charge on any atom is 0.319 e. The third kappa shape index (κ3) is 4.18. The van der Waals surface area contributed by atoms with Gasteiger partial charge in [0.05, 0.1) is 13.2 Å². The molecule has 0 aromatic heterocycles. The number of esters is 1. The lowest BCUT2D eigenvalue weighted by atomic mass is 10.2. The summed E-state index contributed by atoms with van der Waals surface area (Å²) >= 11 is 0. The van der Waals surface area contributed by atoms with Gasteiger partial charge in [0.1, 0.15) is 0 Å². The monoisotopic (exact) mass is 214 g/mol. The quantitative estimate of drug-likeness (QED) is 0.658. The molecule has 0 spiro atoms. The van der Waals surface area contributed by atoms with Gasteiger partial charge in [-0.25, -0.2) is 0 Å². The first-order valence-corrected chi connectivity index (χ1v) is 5.88. The Bertz CT molecular complexity index is 197. The molecule has 1 unspecified atom stereocenters. The molecule has 1 rings (SSSR count). The highest BCUT2D eigenvalue weighted by Gasteiger charge is 2.22. The summed E-state index contributed by atoms with van der Waals surface area (Å²) in [7, 11) is 0. The Hall–Kier alpha value is -0.610. The van der Waals surface area contributed by atoms with E-state index < -0.39 is 0 Å². The normalized spacial score (nSPS) is 21.9. The van der Waals surface area contributed by atoms with Crippen LogP contribution in [0, 0.1) is 0 Å². The zero-order valence-electron chi connectivity index (χ0n) is 9.79. The molecule has 0 aromatic rings. The second-order valence-electron chi connectivity index (χ2n) is 3.86. The second kappa shape index (κ2) is 6.80. The van der Waals surface area contributed by atoms with Crippen molar-refractivity contribution in [3.8, 4) is 0 Å². The van der Waals surface area contributed by atoms with E-state index in [1.807, 2.05) is 6.92 Å². The fourth-order valence-corrected chi connectivity index (χ4v) is 2.10. The summed E-state index contributed by atoms with van der Waals surface area (Å²) < 4.78 is 4.84. The van der Waals surface area contributed by atoms with Crippen LogP contribution in [0.5, 0.6) is 0 Å². The SMILES string of the molecule is CCOC(=O)CNCC1CCCN1CC. The summed E-state index contributed by atoms with van der Waals surface area (Å²) in [5.41, 5.74) is 0. The van der Waals surface area contributed by atoms with E-state index in [9.17, 15) is 4.79 Å². The van der Waals surface area contributed by atoms with Gasteiger partial charge >= 0.3 is 5.97 Å². The summed E-state index contributed by atoms with van der Waals surface area (Å²) in [6, 6.07) is 0.601. The van der Waals surface area contributed by atoms with Crippen molar-refractivity contribution < 1.29 is 9.53 Å². The molecular formula is C11H22N2O2. The lowest BCUT2D eigenvalue weighted by Gasteiger charge is -2.22. The number of likely N-dealkylation sites (tertiary alicyclic amines) is 1. The molecule has 1 aliphatic rings. The first-order chi connectivity index (χ1) is 7.27. The van der Waals surface area contributed by atoms with Crippen LogP contribution in [-0.4, -0.2) is 49.7 Å². The average molecular weight is 214 g/mol. The molecule has 1 fully saturated rings. The molecule has 0 saturated carbocycles. The molecule has 0 aromatic carbocycles. The van der Waals surface area contributed by atoms with Gasteiger partial charge in [-0.05, 0) is 32.9 Å². The number of ether oxygens (including phenoxy) is 1. The van der Waals surface area contributed by atoms with Gasteiger partial charge < -0.3 is 10.1 Å². The Kier molecular flexibility index (Phi) is 5.65. The molecule has 4 heteroatoms. The Morgan fingerprint density at radius 1 is 1.53 bits per heavy atom. The highest BCUT2D eigenvalue weighted by Crippen LogP contribution is 2.15. The van der Waals surface area contributed by atoms with E-state index in [2.05, 4.69) is 17.1 Å². The van der Waals surface area contributed by atoms with Crippen LogP contribution in [0.4, 0.5) is 0 Å². The second-order valence-corrected chi connectivity index (χ2v) is 3.86. The molecule has 1 heterocycles. The van der Waals surface area contributed by atoms with Crippen LogP contribution in [0.2, 0.25) is 0 Å². The number of rotatable bonds is 6. The number of nitrogens with one attached hydrogen (secondary N) is 1. The van der Waals surface area contributed by atoms with E-state index in [4.69, 9.17) is 4.74 Å². The first kappa shape index (κ1) is 12.5. The number of carbonyl (C=O) groups is 1. The van der Waals surface area contributed by atoms with E-state index in [-0.39, 0.29) is 5.97 Å². The van der Waals surface area contributed by atoms with E-state index in [0.29, 0.717) is 19.2 Å². The summed E-state index contributed by atoms with van der Waals surface area (Å²) in [6.45, 7) is 8.00. The van der Waals surface area contributed by atoms with Crippen LogP contribution >= 0.6 is 0 Å². The van der Waals surface area contributed by atoms with Gasteiger partial charge in [0.2, 0.25) is 0 Å². The van der Waals surface area contributed by atoms with E-state index >= 15 is 0 Å². The zero-order valence-corrected chi connectivity index (χ0v) is 9.79. The molecule has 1 saturated heterocycles. The van der Waals surface area contributed by atoms with Crippen LogP contribution in [0.25, 0.3) is 0 Å². The minimum atomic E-state index is -0.154. The highest BCUT2D eigenvalue weighted by atomic mass is 16.5. The predicted octanol–water partition coefficient (Wildman–Crippen LogP) is 0.623. The average Bonchev–Trinajstić information content (AvgIpc) is 2.66. The summed E-state index contributed by atoms with van der Waals surface area (Å²) in [6.07, 6.45) is 2.52. The van der Waals surface area contributed by atoms with Gasteiger partial charge in [-0.2, -0.15) is 0 Å². The smallest absolute Gasteiger partial charge is 0.319 e. The molecule has 1 N–H and O–H groups in total. The van der Waals surface area contributed by atoms with Gasteiger partial charge in [0, 0.05) is 12.6 Å². The largest absolute Gasteiger partial charge is 0.465 e. The Morgan fingerprint density at radius 3 is 3.00 bits per heavy atom. The first-order valence-electron chi connectivity index (χ1n) is 5.88. The highest BCUT2D eigenvalue weighted by molar-refractivity contribution is 5.71. The fraction of sp³-hybridized carbons (Fsp3) is 0.909. The molecule has 0 amide bonds. The van der Waals surface area contributed by atoms with Gasteiger partial charge in [-0.3, -0.25) is 9.69 Å². The number of hydrogen-bond acceptors (Lipinski definition) is 4. The molecule has 1 atom stereocenters. The zero-order chi connectivity index (χ0) is 11.1. The lowest BCUT2D eigenvalue weighted by molar-refractivity contribution is -0.142. The van der Waals surface area contributed by atoms with Gasteiger partial charge in [0.15, 0.2) is 0 Å². The van der Waals surface area contributed by atoms with Crippen LogP contribution in [0.3, 0.4) is 0 Å². The maximum atomic E-state index is 11.1. The summed E-state index contributed by atoms with van der Waals surface area (Å²) in [5, 5.41) is 3.16. The van der Waals surface area contributed by atoms with Crippen molar-refractivity contribution in [2.45, 2.75) is 32.7 Å². The standard InChI is InChI=1S/C11H22N2O2/c1-3-13-7-5-6-10(13)8-12-9-11(14)15-4-2/h10,12H,3-9H2,1-2H3. The predicted molar refractivity (Wildman–Crippen MR) is 59.8 cm³/mol. The lowest BCUT2D eigenvalue weighted by Crippen LogP contribution is -2.39. The van der Waals surface area contributed by atoms with Crippen molar-refractivity contribution in [3.05, 3.63) is 0 Å². The van der Waals surface area contributed by atoms with Crippen molar-refractivity contribution in [2.24, 2.45) is 0 Å². The molecule has 4 nitrogen and oxygen atoms in total.